The summed E-state index contributed by atoms with van der Waals surface area (Å²) in [5, 5.41) is 0. The van der Waals surface area contributed by atoms with Crippen molar-refractivity contribution in [2.75, 3.05) is 27.2 Å². The zero-order valence-electron chi connectivity index (χ0n) is 12.2. The summed E-state index contributed by atoms with van der Waals surface area (Å²) in [6.45, 7) is 0.123. The van der Waals surface area contributed by atoms with E-state index >= 15 is 0 Å². The van der Waals surface area contributed by atoms with E-state index in [4.69, 9.17) is 5.73 Å². The lowest BCUT2D eigenvalue weighted by Gasteiger charge is -2.19. The minimum atomic E-state index is -3.67. The van der Waals surface area contributed by atoms with Crippen molar-refractivity contribution < 1.29 is 17.9 Å². The van der Waals surface area contributed by atoms with Gasteiger partial charge in [0.15, 0.2) is 0 Å². The molecule has 0 aliphatic carbocycles. The third kappa shape index (κ3) is 5.80. The van der Waals surface area contributed by atoms with Crippen molar-refractivity contribution in [2.45, 2.75) is 12.5 Å². The van der Waals surface area contributed by atoms with Crippen LogP contribution in [0.15, 0.2) is 30.3 Å². The largest absolute Gasteiger partial charge is 0.469 e. The fourth-order valence-electron chi connectivity index (χ4n) is 1.59. The molecule has 1 unspecified atom stereocenters. The Morgan fingerprint density at radius 1 is 1.38 bits per heavy atom. The van der Waals surface area contributed by atoms with Gasteiger partial charge in [0.2, 0.25) is 0 Å². The molecular formula is C13H21N3O4S. The van der Waals surface area contributed by atoms with Crippen LogP contribution < -0.4 is 10.5 Å². The van der Waals surface area contributed by atoms with Gasteiger partial charge in [0.05, 0.1) is 13.5 Å². The number of methoxy groups -OCH3 is 1. The molecule has 0 saturated heterocycles. The highest BCUT2D eigenvalue weighted by Gasteiger charge is 2.19. The lowest BCUT2D eigenvalue weighted by molar-refractivity contribution is -0.140. The van der Waals surface area contributed by atoms with Gasteiger partial charge in [-0.25, -0.2) is 4.72 Å². The lowest BCUT2D eigenvalue weighted by atomic mass is 10.1. The first-order valence-corrected chi connectivity index (χ1v) is 7.89. The van der Waals surface area contributed by atoms with Crippen molar-refractivity contribution in [3.05, 3.63) is 35.9 Å². The van der Waals surface area contributed by atoms with Crippen LogP contribution in [0.5, 0.6) is 0 Å². The highest BCUT2D eigenvalue weighted by Crippen LogP contribution is 2.08. The maximum absolute atomic E-state index is 12.0. The summed E-state index contributed by atoms with van der Waals surface area (Å²) < 4.78 is 31.9. The minimum absolute atomic E-state index is 0.00134. The molecule has 1 rings (SSSR count). The van der Waals surface area contributed by atoms with E-state index in [1.807, 2.05) is 30.3 Å². The number of carbonyl (C=O) groups is 1. The fraction of sp³-hybridized carbons (Fsp3) is 0.462. The second-order valence-corrected chi connectivity index (χ2v) is 6.38. The van der Waals surface area contributed by atoms with Crippen molar-refractivity contribution >= 4 is 16.2 Å². The molecule has 1 aromatic carbocycles. The van der Waals surface area contributed by atoms with E-state index in [1.54, 1.807) is 0 Å². The molecule has 7 nitrogen and oxygen atoms in total. The average Bonchev–Trinajstić information content (AvgIpc) is 2.50. The van der Waals surface area contributed by atoms with Gasteiger partial charge in [0.25, 0.3) is 10.2 Å². The first-order chi connectivity index (χ1) is 9.86. The van der Waals surface area contributed by atoms with Gasteiger partial charge in [0.1, 0.15) is 0 Å². The molecule has 0 amide bonds. The van der Waals surface area contributed by atoms with E-state index in [1.165, 1.54) is 14.2 Å². The van der Waals surface area contributed by atoms with Crippen LogP contribution in [0.3, 0.4) is 0 Å². The van der Waals surface area contributed by atoms with Crippen LogP contribution in [-0.2, 0) is 19.7 Å². The topological polar surface area (TPSA) is 102 Å². The molecule has 0 saturated carbocycles. The van der Waals surface area contributed by atoms with Crippen LogP contribution >= 0.6 is 0 Å². The number of esters is 1. The molecule has 0 fully saturated rings. The minimum Gasteiger partial charge on any atom is -0.469 e. The Morgan fingerprint density at radius 2 is 2.00 bits per heavy atom. The van der Waals surface area contributed by atoms with Crippen molar-refractivity contribution in [1.29, 1.82) is 0 Å². The van der Waals surface area contributed by atoms with Gasteiger partial charge in [-0.1, -0.05) is 30.3 Å². The molecule has 3 N–H and O–H groups in total. The molecule has 0 radical (unpaired) electrons. The van der Waals surface area contributed by atoms with Crippen LogP contribution in [0.1, 0.15) is 18.0 Å². The Morgan fingerprint density at radius 3 is 2.57 bits per heavy atom. The molecule has 0 aliphatic rings. The number of nitrogens with one attached hydrogen (secondary N) is 1. The van der Waals surface area contributed by atoms with Gasteiger partial charge in [-0.2, -0.15) is 12.7 Å². The number of carbonyl (C=O) groups excluding carboxylic acids is 1. The summed E-state index contributed by atoms with van der Waals surface area (Å²) in [7, 11) is -1.03. The van der Waals surface area contributed by atoms with Crippen LogP contribution in [0.25, 0.3) is 0 Å². The molecule has 0 spiro atoms. The number of rotatable bonds is 8. The summed E-state index contributed by atoms with van der Waals surface area (Å²) in [6, 6.07) is 8.77. The van der Waals surface area contributed by atoms with Crippen molar-refractivity contribution in [3.63, 3.8) is 0 Å². The molecule has 1 atom stereocenters. The summed E-state index contributed by atoms with van der Waals surface area (Å²) in [5.41, 5.74) is 6.77. The second kappa shape index (κ2) is 8.08. The van der Waals surface area contributed by atoms with E-state index in [-0.39, 0.29) is 19.5 Å². The Bertz CT molecular complexity index is 548. The van der Waals surface area contributed by atoms with Gasteiger partial charge >= 0.3 is 5.97 Å². The monoisotopic (exact) mass is 315 g/mol. The van der Waals surface area contributed by atoms with Gasteiger partial charge in [0, 0.05) is 26.2 Å². The number of hydrogen-bond acceptors (Lipinski definition) is 5. The average molecular weight is 315 g/mol. The number of ether oxygens (including phenoxy) is 1. The summed E-state index contributed by atoms with van der Waals surface area (Å²) in [5.74, 6) is -0.460. The molecule has 118 valence electrons. The van der Waals surface area contributed by atoms with Crippen molar-refractivity contribution in [2.24, 2.45) is 5.73 Å². The van der Waals surface area contributed by atoms with Gasteiger partial charge in [-0.3, -0.25) is 4.79 Å². The quantitative estimate of drug-likeness (QED) is 0.658. The van der Waals surface area contributed by atoms with Crippen LogP contribution in [0.4, 0.5) is 0 Å². The van der Waals surface area contributed by atoms with E-state index in [0.29, 0.717) is 0 Å². The van der Waals surface area contributed by atoms with Crippen molar-refractivity contribution in [1.82, 2.24) is 9.03 Å². The van der Waals surface area contributed by atoms with E-state index < -0.39 is 22.2 Å². The van der Waals surface area contributed by atoms with Gasteiger partial charge in [-0.05, 0) is 5.56 Å². The molecule has 0 aromatic heterocycles. The van der Waals surface area contributed by atoms with Crippen molar-refractivity contribution in [3.8, 4) is 0 Å². The van der Waals surface area contributed by atoms with Gasteiger partial charge in [-0.15, -0.1) is 0 Å². The van der Waals surface area contributed by atoms with E-state index in [9.17, 15) is 13.2 Å². The maximum atomic E-state index is 12.0. The summed E-state index contributed by atoms with van der Waals surface area (Å²) in [4.78, 5) is 11.0. The van der Waals surface area contributed by atoms with Crippen LogP contribution in [0, 0.1) is 0 Å². The molecule has 0 aliphatic heterocycles. The predicted molar refractivity (Wildman–Crippen MR) is 79.6 cm³/mol. The Hall–Kier alpha value is -1.48. The molecule has 0 bridgehead atoms. The normalized spacial score (nSPS) is 13.1. The molecule has 1 aromatic rings. The van der Waals surface area contributed by atoms with E-state index in [2.05, 4.69) is 9.46 Å². The third-order valence-corrected chi connectivity index (χ3v) is 4.52. The molecule has 0 heterocycles. The summed E-state index contributed by atoms with van der Waals surface area (Å²) >= 11 is 0. The predicted octanol–water partition coefficient (Wildman–Crippen LogP) is 0.0157. The van der Waals surface area contributed by atoms with Crippen LogP contribution in [-0.4, -0.2) is 45.9 Å². The number of benzene rings is 1. The first kappa shape index (κ1) is 17.6. The zero-order valence-corrected chi connectivity index (χ0v) is 13.0. The SMILES string of the molecule is COC(=O)CCN(C)S(=O)(=O)NCC(N)c1ccccc1. The first-order valence-electron chi connectivity index (χ1n) is 6.45. The molecular weight excluding hydrogens is 294 g/mol. The van der Waals surface area contributed by atoms with Crippen LogP contribution in [0.2, 0.25) is 0 Å². The Kier molecular flexibility index (Phi) is 6.76. The number of nitrogens with zero attached hydrogens (tertiary/aromatic N) is 1. The van der Waals surface area contributed by atoms with E-state index in [0.717, 1.165) is 9.87 Å². The highest BCUT2D eigenvalue weighted by molar-refractivity contribution is 7.87. The summed E-state index contributed by atoms with van der Waals surface area (Å²) in [6.07, 6.45) is -0.00134. The Balaban J connectivity index is 2.50. The highest BCUT2D eigenvalue weighted by atomic mass is 32.2. The molecule has 8 heteroatoms. The lowest BCUT2D eigenvalue weighted by Crippen LogP contribution is -2.42. The smallest absolute Gasteiger partial charge is 0.306 e. The standard InChI is InChI=1S/C13H21N3O4S/c1-16(9-8-13(17)20-2)21(18,19)15-10-12(14)11-6-4-3-5-7-11/h3-7,12,15H,8-10,14H2,1-2H3. The fourth-order valence-corrected chi connectivity index (χ4v) is 2.54. The maximum Gasteiger partial charge on any atom is 0.306 e. The van der Waals surface area contributed by atoms with Gasteiger partial charge < -0.3 is 10.5 Å². The zero-order chi connectivity index (χ0) is 15.9. The third-order valence-electron chi connectivity index (χ3n) is 2.98. The Labute approximate surface area is 125 Å². The number of nitrogens with two attached hydrogens (primary N) is 1. The molecule has 21 heavy (non-hydrogen) atoms. The number of hydrogen-bond donors (Lipinski definition) is 2. The second-order valence-electron chi connectivity index (χ2n) is 4.52.